The van der Waals surface area contributed by atoms with Crippen LogP contribution in [0.25, 0.3) is 0 Å². The van der Waals surface area contributed by atoms with E-state index in [2.05, 4.69) is 0 Å². The zero-order valence-electron chi connectivity index (χ0n) is 14.5. The lowest BCUT2D eigenvalue weighted by Crippen LogP contribution is -2.52. The second kappa shape index (κ2) is 5.48. The molecule has 0 aromatic heterocycles. The number of likely N-dealkylation sites (N-methyl/N-ethyl adjacent to an activating group) is 1. The molecule has 0 aromatic carbocycles. The Morgan fingerprint density at radius 1 is 0.808 bits per heavy atom. The number of rotatable bonds is 6. The molecule has 6 N–H and O–H groups in total. The summed E-state index contributed by atoms with van der Waals surface area (Å²) in [7, 11) is -9.93. The maximum Gasteiger partial charge on any atom is 0.379 e. The number of hydrogen-bond donors (Lipinski definition) is 6. The summed E-state index contributed by atoms with van der Waals surface area (Å²) in [6.07, 6.45) is -1.22. The average Bonchev–Trinajstić information content (AvgIpc) is 3.05. The molecule has 26 heavy (non-hydrogen) atoms. The highest BCUT2D eigenvalue weighted by atomic mass is 31.2. The third-order valence-corrected chi connectivity index (χ3v) is 8.64. The number of hydrogen-bond acceptors (Lipinski definition) is 4. The molecule has 2 atom stereocenters. The highest BCUT2D eigenvalue weighted by molar-refractivity contribution is 7.52. The maximum atomic E-state index is 11.7. The van der Waals surface area contributed by atoms with Crippen LogP contribution in [0, 0.1) is 0 Å². The summed E-state index contributed by atoms with van der Waals surface area (Å²) in [6, 6.07) is 0. The highest BCUT2D eigenvalue weighted by Gasteiger charge is 2.88. The largest absolute Gasteiger partial charge is 0.379 e. The fourth-order valence-corrected chi connectivity index (χ4v) is 8.51. The van der Waals surface area contributed by atoms with E-state index in [4.69, 9.17) is 0 Å². The first-order valence-corrected chi connectivity index (χ1v) is 13.4. The molecule has 3 rings (SSSR count). The van der Waals surface area contributed by atoms with Gasteiger partial charge in [0.2, 0.25) is 11.3 Å². The molecule has 3 fully saturated rings. The van der Waals surface area contributed by atoms with Crippen LogP contribution in [0.4, 0.5) is 0 Å². The first kappa shape index (κ1) is 21.0. The van der Waals surface area contributed by atoms with Crippen LogP contribution in [0.2, 0.25) is 0 Å². The predicted molar refractivity (Wildman–Crippen MR) is 89.4 cm³/mol. The standard InChI is InChI=1S/C11H24N3O9P3/c1-13(2)5-10(13)3-4-11(12(10)7-24(15,16)17)6-14(11,8-25(18,19)20)9-26(21,22)23/h3-9H2,1-2H3,(H4-2,15,16,17,18,19,20,21,22,23)/p+2. The van der Waals surface area contributed by atoms with E-state index in [1.165, 1.54) is 0 Å². The van der Waals surface area contributed by atoms with Gasteiger partial charge in [0.05, 0.1) is 14.1 Å². The lowest BCUT2D eigenvalue weighted by molar-refractivity contribution is -0.828. The molecule has 0 radical (unpaired) electrons. The molecule has 15 heteroatoms. The average molecular weight is 437 g/mol. The van der Waals surface area contributed by atoms with Gasteiger partial charge < -0.3 is 29.4 Å². The molecule has 0 aliphatic carbocycles. The van der Waals surface area contributed by atoms with Crippen LogP contribution >= 0.6 is 22.8 Å². The van der Waals surface area contributed by atoms with Gasteiger partial charge in [-0.15, -0.1) is 0 Å². The monoisotopic (exact) mass is 437 g/mol. The molecule has 2 unspecified atom stereocenters. The van der Waals surface area contributed by atoms with E-state index < -0.39 is 57.5 Å². The Labute approximate surface area is 150 Å². The Morgan fingerprint density at radius 2 is 1.23 bits per heavy atom. The first-order valence-electron chi connectivity index (χ1n) is 7.98. The summed E-state index contributed by atoms with van der Waals surface area (Å²) >= 11 is 0. The van der Waals surface area contributed by atoms with E-state index in [1.54, 1.807) is 4.90 Å². The van der Waals surface area contributed by atoms with Gasteiger partial charge in [0.1, 0.15) is 6.29 Å². The lowest BCUT2D eigenvalue weighted by atomic mass is 10.2. The molecule has 152 valence electrons. The first-order chi connectivity index (χ1) is 11.4. The molecule has 3 aliphatic heterocycles. The Hall–Kier alpha value is 0.330. The third-order valence-electron chi connectivity index (χ3n) is 6.17. The topological polar surface area (TPSA) is 176 Å². The minimum absolute atomic E-state index is 0.0466. The van der Waals surface area contributed by atoms with Crippen LogP contribution in [-0.2, 0) is 13.7 Å². The van der Waals surface area contributed by atoms with Crippen LogP contribution in [0.5, 0.6) is 0 Å². The molecule has 0 saturated carbocycles. The fourth-order valence-electron chi connectivity index (χ4n) is 5.12. The van der Waals surface area contributed by atoms with Crippen molar-refractivity contribution in [1.29, 1.82) is 0 Å². The Morgan fingerprint density at radius 3 is 1.58 bits per heavy atom. The van der Waals surface area contributed by atoms with Crippen molar-refractivity contribution >= 4 is 22.8 Å². The number of likely N-dealkylation sites (tertiary alicyclic amines) is 1. The van der Waals surface area contributed by atoms with E-state index in [-0.39, 0.29) is 6.54 Å². The molecule has 0 bridgehead atoms. The zero-order chi connectivity index (χ0) is 20.0. The highest BCUT2D eigenvalue weighted by Crippen LogP contribution is 2.69. The fraction of sp³-hybridized carbons (Fsp3) is 1.00. The minimum Gasteiger partial charge on any atom is -0.324 e. The van der Waals surface area contributed by atoms with Crippen LogP contribution < -0.4 is 0 Å². The maximum absolute atomic E-state index is 11.7. The third kappa shape index (κ3) is 3.41. The van der Waals surface area contributed by atoms with Gasteiger partial charge in [-0.2, -0.15) is 4.90 Å². The molecule has 12 nitrogen and oxygen atoms in total. The van der Waals surface area contributed by atoms with Gasteiger partial charge in [0.25, 0.3) is 0 Å². The van der Waals surface area contributed by atoms with Crippen LogP contribution in [0.1, 0.15) is 12.8 Å². The van der Waals surface area contributed by atoms with E-state index in [9.17, 15) is 43.1 Å². The number of quaternary nitrogens is 2. The van der Waals surface area contributed by atoms with Gasteiger partial charge in [0, 0.05) is 12.8 Å². The molecular formula is C11H26N3O9P3+2. The summed E-state index contributed by atoms with van der Waals surface area (Å²) in [5.74, 6) is 0. The van der Waals surface area contributed by atoms with E-state index in [1.807, 2.05) is 14.1 Å². The minimum atomic E-state index is -4.62. The molecule has 3 saturated heterocycles. The van der Waals surface area contributed by atoms with Gasteiger partial charge in [-0.3, -0.25) is 22.7 Å². The Balaban J connectivity index is 2.03. The smallest absolute Gasteiger partial charge is 0.324 e. The Kier molecular flexibility index (Phi) is 4.43. The van der Waals surface area contributed by atoms with Crippen molar-refractivity contribution in [3.05, 3.63) is 0 Å². The van der Waals surface area contributed by atoms with Gasteiger partial charge in [-0.05, 0) is 0 Å². The molecule has 3 heterocycles. The van der Waals surface area contributed by atoms with Crippen LogP contribution in [0.15, 0.2) is 0 Å². The van der Waals surface area contributed by atoms with Crippen molar-refractivity contribution in [2.45, 2.75) is 24.2 Å². The summed E-state index contributed by atoms with van der Waals surface area (Å²) in [4.78, 5) is 58.6. The summed E-state index contributed by atoms with van der Waals surface area (Å²) in [5, 5.41) is 0. The van der Waals surface area contributed by atoms with E-state index >= 15 is 0 Å². The summed E-state index contributed by atoms with van der Waals surface area (Å²) in [6.45, 7) is 0.658. The van der Waals surface area contributed by atoms with Gasteiger partial charge >= 0.3 is 22.8 Å². The second-order valence-electron chi connectivity index (χ2n) is 8.46. The van der Waals surface area contributed by atoms with Gasteiger partial charge in [0.15, 0.2) is 25.7 Å². The molecular weight excluding hydrogens is 411 g/mol. The normalized spacial score (nSPS) is 36.0. The molecule has 3 aliphatic rings. The van der Waals surface area contributed by atoms with Crippen molar-refractivity contribution in [1.82, 2.24) is 4.90 Å². The lowest BCUT2D eigenvalue weighted by Gasteiger charge is -2.32. The van der Waals surface area contributed by atoms with E-state index in [0.717, 1.165) is 0 Å². The van der Waals surface area contributed by atoms with Crippen molar-refractivity contribution < 1.29 is 52.0 Å². The number of nitrogens with zero attached hydrogens (tertiary/aromatic N) is 3. The van der Waals surface area contributed by atoms with Crippen molar-refractivity contribution in [2.24, 2.45) is 0 Å². The van der Waals surface area contributed by atoms with Crippen molar-refractivity contribution in [3.63, 3.8) is 0 Å². The van der Waals surface area contributed by atoms with E-state index in [0.29, 0.717) is 23.9 Å². The van der Waals surface area contributed by atoms with Gasteiger partial charge in [-0.1, -0.05) is 0 Å². The predicted octanol–water partition coefficient (Wildman–Crippen LogP) is -1.20. The molecule has 0 amide bonds. The Bertz CT molecular complexity index is 748. The molecule has 2 spiro atoms. The zero-order valence-corrected chi connectivity index (χ0v) is 17.2. The van der Waals surface area contributed by atoms with Gasteiger partial charge in [-0.25, -0.2) is 0 Å². The summed E-state index contributed by atoms with van der Waals surface area (Å²) < 4.78 is 35.0. The quantitative estimate of drug-likeness (QED) is 0.168. The van der Waals surface area contributed by atoms with Crippen LogP contribution in [0.3, 0.4) is 0 Å². The SMILES string of the molecule is C[N+]1(C)CC12CCC1(C[N+]1(CP(=O)(O)O)CP(=O)(O)O)N2CP(=O)(O)O. The summed E-state index contributed by atoms with van der Waals surface area (Å²) in [5.41, 5.74) is -1.65. The van der Waals surface area contributed by atoms with Crippen LogP contribution in [-0.4, -0.2) is 101 Å². The van der Waals surface area contributed by atoms with Crippen molar-refractivity contribution in [2.75, 3.05) is 46.0 Å². The second-order valence-corrected chi connectivity index (χ2v) is 13.3. The van der Waals surface area contributed by atoms with Crippen molar-refractivity contribution in [3.8, 4) is 0 Å². The molecule has 0 aromatic rings.